The molecule has 1 aliphatic rings. The zero-order chi connectivity index (χ0) is 20.7. The summed E-state index contributed by atoms with van der Waals surface area (Å²) in [6.07, 6.45) is 0.627. The van der Waals surface area contributed by atoms with E-state index in [1.807, 2.05) is 6.07 Å². The van der Waals surface area contributed by atoms with E-state index >= 15 is 0 Å². The molecule has 0 radical (unpaired) electrons. The maximum Gasteiger partial charge on any atom is 0.416 e. The van der Waals surface area contributed by atoms with E-state index in [9.17, 15) is 13.2 Å². The molecule has 0 saturated heterocycles. The number of rotatable bonds is 6. The van der Waals surface area contributed by atoms with E-state index in [-0.39, 0.29) is 24.0 Å². The van der Waals surface area contributed by atoms with Gasteiger partial charge in [0.15, 0.2) is 5.96 Å². The van der Waals surface area contributed by atoms with Crippen LogP contribution in [-0.2, 0) is 19.1 Å². The first-order valence-electron chi connectivity index (χ1n) is 9.55. The van der Waals surface area contributed by atoms with E-state index < -0.39 is 11.7 Å². The molecule has 0 fully saturated rings. The molecule has 0 atom stereocenters. The minimum Gasteiger partial charge on any atom is -0.364 e. The van der Waals surface area contributed by atoms with Crippen molar-refractivity contribution in [2.24, 2.45) is 4.99 Å². The number of nitrogens with zero attached hydrogens (tertiary/aromatic N) is 2. The SMILES string of the molecule is CN=C(NCCc1ccc(C(F)(F)F)cc1)NCc1cccc(N2CC=CC2)c1.I. The van der Waals surface area contributed by atoms with Crippen LogP contribution < -0.4 is 15.5 Å². The van der Waals surface area contributed by atoms with Crippen molar-refractivity contribution < 1.29 is 13.2 Å². The smallest absolute Gasteiger partial charge is 0.364 e. The van der Waals surface area contributed by atoms with Crippen LogP contribution in [0.2, 0.25) is 0 Å². The quantitative estimate of drug-likeness (QED) is 0.248. The lowest BCUT2D eigenvalue weighted by molar-refractivity contribution is -0.137. The molecule has 0 spiro atoms. The third-order valence-electron chi connectivity index (χ3n) is 4.76. The maximum absolute atomic E-state index is 12.6. The van der Waals surface area contributed by atoms with Gasteiger partial charge in [0.05, 0.1) is 5.56 Å². The highest BCUT2D eigenvalue weighted by atomic mass is 127. The molecule has 162 valence electrons. The lowest BCUT2D eigenvalue weighted by Gasteiger charge is -2.19. The molecule has 0 aromatic heterocycles. The Balaban J connectivity index is 0.00000320. The first-order chi connectivity index (χ1) is 14.0. The second-order valence-corrected chi connectivity index (χ2v) is 6.84. The van der Waals surface area contributed by atoms with Gasteiger partial charge in [0.1, 0.15) is 0 Å². The van der Waals surface area contributed by atoms with E-state index in [1.165, 1.54) is 17.8 Å². The van der Waals surface area contributed by atoms with Crippen molar-refractivity contribution in [3.63, 3.8) is 0 Å². The van der Waals surface area contributed by atoms with Gasteiger partial charge in [-0.3, -0.25) is 4.99 Å². The van der Waals surface area contributed by atoms with Crippen molar-refractivity contribution in [2.45, 2.75) is 19.1 Å². The monoisotopic (exact) mass is 530 g/mol. The summed E-state index contributed by atoms with van der Waals surface area (Å²) in [5, 5.41) is 6.47. The Bertz CT molecular complexity index is 855. The van der Waals surface area contributed by atoms with Crippen LogP contribution in [0.5, 0.6) is 0 Å². The number of alkyl halides is 3. The number of aliphatic imine (C=N–C) groups is 1. The molecule has 1 heterocycles. The Labute approximate surface area is 192 Å². The van der Waals surface area contributed by atoms with Gasteiger partial charge in [-0.1, -0.05) is 36.4 Å². The number of nitrogens with one attached hydrogen (secondary N) is 2. The van der Waals surface area contributed by atoms with Gasteiger partial charge in [-0.15, -0.1) is 24.0 Å². The van der Waals surface area contributed by atoms with Gasteiger partial charge in [-0.05, 0) is 41.8 Å². The molecule has 0 unspecified atom stereocenters. The minimum atomic E-state index is -4.30. The van der Waals surface area contributed by atoms with Crippen LogP contribution in [0.25, 0.3) is 0 Å². The number of hydrogen-bond acceptors (Lipinski definition) is 2. The van der Waals surface area contributed by atoms with Gasteiger partial charge < -0.3 is 15.5 Å². The van der Waals surface area contributed by atoms with Gasteiger partial charge >= 0.3 is 6.18 Å². The predicted octanol–water partition coefficient (Wildman–Crippen LogP) is 4.61. The van der Waals surface area contributed by atoms with Crippen molar-refractivity contribution in [2.75, 3.05) is 31.6 Å². The molecule has 0 amide bonds. The Kier molecular flexibility index (Phi) is 9.01. The van der Waals surface area contributed by atoms with Crippen LogP contribution in [0, 0.1) is 0 Å². The third kappa shape index (κ3) is 6.93. The summed E-state index contributed by atoms with van der Waals surface area (Å²) in [5.74, 6) is 0.658. The summed E-state index contributed by atoms with van der Waals surface area (Å²) in [4.78, 5) is 6.50. The Morgan fingerprint density at radius 2 is 1.70 bits per heavy atom. The van der Waals surface area contributed by atoms with Gasteiger partial charge in [-0.25, -0.2) is 0 Å². The maximum atomic E-state index is 12.6. The van der Waals surface area contributed by atoms with Gasteiger partial charge in [0, 0.05) is 38.9 Å². The average molecular weight is 530 g/mol. The Morgan fingerprint density at radius 3 is 2.33 bits per heavy atom. The fourth-order valence-corrected chi connectivity index (χ4v) is 3.14. The van der Waals surface area contributed by atoms with Crippen molar-refractivity contribution in [3.8, 4) is 0 Å². The number of anilines is 1. The van der Waals surface area contributed by atoms with Gasteiger partial charge in [0.2, 0.25) is 0 Å². The summed E-state index contributed by atoms with van der Waals surface area (Å²) >= 11 is 0. The molecule has 8 heteroatoms. The first-order valence-corrected chi connectivity index (χ1v) is 9.55. The summed E-state index contributed by atoms with van der Waals surface area (Å²) in [7, 11) is 1.69. The Morgan fingerprint density at radius 1 is 1.00 bits per heavy atom. The molecule has 30 heavy (non-hydrogen) atoms. The van der Waals surface area contributed by atoms with E-state index in [1.54, 1.807) is 7.05 Å². The van der Waals surface area contributed by atoms with Crippen LogP contribution >= 0.6 is 24.0 Å². The lowest BCUT2D eigenvalue weighted by atomic mass is 10.1. The molecular weight excluding hydrogens is 504 g/mol. The normalized spacial score (nSPS) is 13.9. The molecule has 0 saturated carbocycles. The Hall–Kier alpha value is -2.23. The first kappa shape index (κ1) is 24.0. The highest BCUT2D eigenvalue weighted by Gasteiger charge is 2.29. The van der Waals surface area contributed by atoms with E-state index in [4.69, 9.17) is 0 Å². The molecule has 2 aromatic carbocycles. The summed E-state index contributed by atoms with van der Waals surface area (Å²) in [5.41, 5.74) is 2.56. The summed E-state index contributed by atoms with van der Waals surface area (Å²) < 4.78 is 37.9. The van der Waals surface area contributed by atoms with Gasteiger partial charge in [0.25, 0.3) is 0 Å². The standard InChI is InChI=1S/C22H25F3N4.HI/c1-26-21(27-12-11-17-7-9-19(10-8-17)22(23,24)25)28-16-18-5-4-6-20(15-18)29-13-2-3-14-29;/h2-10,15H,11-14,16H2,1H3,(H2,26,27,28);1H. The number of guanidine groups is 1. The summed E-state index contributed by atoms with van der Waals surface area (Å²) in [6, 6.07) is 13.6. The van der Waals surface area contributed by atoms with E-state index in [2.05, 4.69) is 50.9 Å². The van der Waals surface area contributed by atoms with Crippen LogP contribution in [0.15, 0.2) is 65.7 Å². The summed E-state index contributed by atoms with van der Waals surface area (Å²) in [6.45, 7) is 3.08. The third-order valence-corrected chi connectivity index (χ3v) is 4.76. The zero-order valence-corrected chi connectivity index (χ0v) is 19.1. The molecular formula is C22H26F3IN4. The fourth-order valence-electron chi connectivity index (χ4n) is 3.14. The lowest BCUT2D eigenvalue weighted by Crippen LogP contribution is -2.37. The van der Waals surface area contributed by atoms with Crippen molar-refractivity contribution in [1.29, 1.82) is 0 Å². The molecule has 0 aliphatic carbocycles. The van der Waals surface area contributed by atoms with Crippen molar-refractivity contribution in [3.05, 3.63) is 77.4 Å². The fraction of sp³-hybridized carbons (Fsp3) is 0.318. The highest BCUT2D eigenvalue weighted by molar-refractivity contribution is 14.0. The zero-order valence-electron chi connectivity index (χ0n) is 16.7. The predicted molar refractivity (Wildman–Crippen MR) is 127 cm³/mol. The largest absolute Gasteiger partial charge is 0.416 e. The van der Waals surface area contributed by atoms with Crippen LogP contribution in [0.1, 0.15) is 16.7 Å². The van der Waals surface area contributed by atoms with Crippen LogP contribution in [-0.4, -0.2) is 32.6 Å². The molecule has 3 rings (SSSR count). The topological polar surface area (TPSA) is 39.7 Å². The van der Waals surface area contributed by atoms with Crippen molar-refractivity contribution >= 4 is 35.6 Å². The highest BCUT2D eigenvalue weighted by Crippen LogP contribution is 2.29. The number of hydrogen-bond donors (Lipinski definition) is 2. The van der Waals surface area contributed by atoms with E-state index in [0.29, 0.717) is 25.5 Å². The second kappa shape index (κ2) is 11.2. The molecule has 0 bridgehead atoms. The van der Waals surface area contributed by atoms with Crippen LogP contribution in [0.3, 0.4) is 0 Å². The molecule has 4 nitrogen and oxygen atoms in total. The molecule has 1 aliphatic heterocycles. The second-order valence-electron chi connectivity index (χ2n) is 6.84. The molecule has 2 N–H and O–H groups in total. The van der Waals surface area contributed by atoms with Gasteiger partial charge in [-0.2, -0.15) is 13.2 Å². The van der Waals surface area contributed by atoms with E-state index in [0.717, 1.165) is 36.3 Å². The number of benzene rings is 2. The van der Waals surface area contributed by atoms with Crippen LogP contribution in [0.4, 0.5) is 18.9 Å². The number of halogens is 4. The molecule has 2 aromatic rings. The van der Waals surface area contributed by atoms with Crippen molar-refractivity contribution in [1.82, 2.24) is 10.6 Å². The average Bonchev–Trinajstić information content (AvgIpc) is 3.25. The minimum absolute atomic E-state index is 0.